The Morgan fingerprint density at radius 3 is 2.22 bits per heavy atom. The van der Waals surface area contributed by atoms with Gasteiger partial charge in [0, 0.05) is 10.6 Å². The predicted octanol–water partition coefficient (Wildman–Crippen LogP) is 4.78. The van der Waals surface area contributed by atoms with E-state index in [0.717, 1.165) is 6.07 Å². The van der Waals surface area contributed by atoms with Crippen LogP contribution in [0.2, 0.25) is 0 Å². The second-order valence-corrected chi connectivity index (χ2v) is 3.24. The molecule has 1 aromatic heterocycles. The van der Waals surface area contributed by atoms with Crippen LogP contribution in [0.15, 0.2) is 36.4 Å². The zero-order chi connectivity index (χ0) is 14.3. The van der Waals surface area contributed by atoms with Gasteiger partial charge in [0.2, 0.25) is 0 Å². The first-order valence-corrected chi connectivity index (χ1v) is 5.55. The van der Waals surface area contributed by atoms with E-state index < -0.39 is 11.9 Å². The van der Waals surface area contributed by atoms with Gasteiger partial charge in [-0.2, -0.15) is 18.3 Å². The van der Waals surface area contributed by atoms with Gasteiger partial charge in [-0.15, -0.1) is 0 Å². The molecule has 1 rings (SSSR count). The highest BCUT2D eigenvalue weighted by Gasteiger charge is 2.33. The molecule has 1 aromatic rings. The molecule has 1 N–H and O–H groups in total. The van der Waals surface area contributed by atoms with Crippen molar-refractivity contribution in [1.29, 1.82) is 0 Å². The standard InChI is InChI=1S/C10H8ClF3N2.C2H6/c1-3-6(7(11)4-2)8-5-9(16-15-8)10(12,13)14;1-2/h3-5H,1-2H2,(H,15,16);1-2H3/b7-6-;. The zero-order valence-electron chi connectivity index (χ0n) is 10.1. The molecule has 0 atom stereocenters. The number of hydrogen-bond acceptors (Lipinski definition) is 1. The van der Waals surface area contributed by atoms with Crippen molar-refractivity contribution < 1.29 is 13.2 Å². The van der Waals surface area contributed by atoms with Crippen LogP contribution in [0.5, 0.6) is 0 Å². The largest absolute Gasteiger partial charge is 0.432 e. The minimum absolute atomic E-state index is 0.0761. The molecule has 0 radical (unpaired) electrons. The van der Waals surface area contributed by atoms with Crippen LogP contribution >= 0.6 is 11.6 Å². The van der Waals surface area contributed by atoms with E-state index in [1.165, 1.54) is 12.2 Å². The Hall–Kier alpha value is -1.49. The topological polar surface area (TPSA) is 28.7 Å². The Kier molecular flexibility index (Phi) is 6.47. The molecule has 0 aliphatic carbocycles. The summed E-state index contributed by atoms with van der Waals surface area (Å²) in [5.41, 5.74) is -0.564. The molecule has 18 heavy (non-hydrogen) atoms. The first kappa shape index (κ1) is 16.5. The maximum atomic E-state index is 12.3. The van der Waals surface area contributed by atoms with E-state index in [-0.39, 0.29) is 10.7 Å². The van der Waals surface area contributed by atoms with Gasteiger partial charge in [0.25, 0.3) is 0 Å². The Labute approximate surface area is 109 Å². The smallest absolute Gasteiger partial charge is 0.273 e. The molecule has 0 saturated carbocycles. The monoisotopic (exact) mass is 278 g/mol. The van der Waals surface area contributed by atoms with Gasteiger partial charge in [-0.3, -0.25) is 5.10 Å². The highest BCUT2D eigenvalue weighted by Crippen LogP contribution is 2.30. The van der Waals surface area contributed by atoms with Crippen LogP contribution in [0.1, 0.15) is 25.2 Å². The molecule has 100 valence electrons. The molecule has 0 fully saturated rings. The molecule has 0 aliphatic rings. The lowest BCUT2D eigenvalue weighted by Gasteiger charge is -2.00. The summed E-state index contributed by atoms with van der Waals surface area (Å²) in [5.74, 6) is 0. The fraction of sp³-hybridized carbons (Fsp3) is 0.250. The fourth-order valence-corrected chi connectivity index (χ4v) is 1.21. The van der Waals surface area contributed by atoms with Crippen LogP contribution < -0.4 is 0 Å². The Morgan fingerprint density at radius 2 is 1.89 bits per heavy atom. The summed E-state index contributed by atoms with van der Waals surface area (Å²) in [6.45, 7) is 10.9. The van der Waals surface area contributed by atoms with Crippen molar-refractivity contribution in [3.8, 4) is 0 Å². The van der Waals surface area contributed by atoms with Gasteiger partial charge < -0.3 is 0 Å². The lowest BCUT2D eigenvalue weighted by molar-refractivity contribution is -0.141. The quantitative estimate of drug-likeness (QED) is 0.792. The van der Waals surface area contributed by atoms with Crippen molar-refractivity contribution in [3.63, 3.8) is 0 Å². The van der Waals surface area contributed by atoms with Crippen molar-refractivity contribution in [2.24, 2.45) is 0 Å². The van der Waals surface area contributed by atoms with E-state index in [1.807, 2.05) is 18.9 Å². The Morgan fingerprint density at radius 1 is 1.33 bits per heavy atom. The molecule has 0 aliphatic heterocycles. The van der Waals surface area contributed by atoms with E-state index in [9.17, 15) is 13.2 Å². The summed E-state index contributed by atoms with van der Waals surface area (Å²) >= 11 is 5.74. The summed E-state index contributed by atoms with van der Waals surface area (Å²) in [7, 11) is 0. The molecule has 0 amide bonds. The van der Waals surface area contributed by atoms with Gasteiger partial charge in [0.1, 0.15) is 5.69 Å². The van der Waals surface area contributed by atoms with Crippen LogP contribution in [0.25, 0.3) is 5.57 Å². The van der Waals surface area contributed by atoms with Gasteiger partial charge >= 0.3 is 6.18 Å². The van der Waals surface area contributed by atoms with Gasteiger partial charge in [0.05, 0.1) is 5.69 Å². The zero-order valence-corrected chi connectivity index (χ0v) is 10.9. The third-order valence-electron chi connectivity index (χ3n) is 1.80. The van der Waals surface area contributed by atoms with Crippen molar-refractivity contribution in [2.45, 2.75) is 20.0 Å². The number of H-pyrrole nitrogens is 1. The average Bonchev–Trinajstić information content (AvgIpc) is 2.81. The number of aromatic amines is 1. The van der Waals surface area contributed by atoms with E-state index in [2.05, 4.69) is 18.3 Å². The predicted molar refractivity (Wildman–Crippen MR) is 68.1 cm³/mol. The van der Waals surface area contributed by atoms with Gasteiger partial charge in [-0.05, 0) is 6.07 Å². The first-order valence-electron chi connectivity index (χ1n) is 5.17. The van der Waals surface area contributed by atoms with E-state index in [0.29, 0.717) is 5.57 Å². The summed E-state index contributed by atoms with van der Waals surface area (Å²) in [4.78, 5) is 0. The van der Waals surface area contributed by atoms with Crippen LogP contribution in [0.3, 0.4) is 0 Å². The molecule has 2 nitrogen and oxygen atoms in total. The molecule has 0 aromatic carbocycles. The van der Waals surface area contributed by atoms with Crippen LogP contribution in [0.4, 0.5) is 13.2 Å². The lowest BCUT2D eigenvalue weighted by Crippen LogP contribution is -2.04. The number of nitrogens with zero attached hydrogens (tertiary/aromatic N) is 1. The van der Waals surface area contributed by atoms with E-state index in [4.69, 9.17) is 11.6 Å². The maximum Gasteiger partial charge on any atom is 0.432 e. The van der Waals surface area contributed by atoms with Gasteiger partial charge in [-0.25, -0.2) is 0 Å². The first-order chi connectivity index (χ1) is 8.40. The lowest BCUT2D eigenvalue weighted by atomic mass is 10.1. The molecule has 0 bridgehead atoms. The van der Waals surface area contributed by atoms with E-state index >= 15 is 0 Å². The number of halogens is 4. The summed E-state index contributed by atoms with van der Waals surface area (Å²) in [6.07, 6.45) is -1.83. The van der Waals surface area contributed by atoms with Gasteiger partial charge in [-0.1, -0.05) is 50.8 Å². The van der Waals surface area contributed by atoms with Crippen LogP contribution in [-0.2, 0) is 6.18 Å². The SMILES string of the molecule is C=C/C(Cl)=C(\C=C)c1cc(C(F)(F)F)[nH]n1.CC. The number of allylic oxidation sites excluding steroid dienone is 4. The van der Waals surface area contributed by atoms with Crippen molar-refractivity contribution in [2.75, 3.05) is 0 Å². The van der Waals surface area contributed by atoms with Crippen LogP contribution in [0, 0.1) is 0 Å². The number of nitrogens with one attached hydrogen (secondary N) is 1. The molecule has 0 spiro atoms. The third-order valence-corrected chi connectivity index (χ3v) is 2.16. The molecule has 0 unspecified atom stereocenters. The second-order valence-electron chi connectivity index (χ2n) is 2.83. The molecule has 1 heterocycles. The third kappa shape index (κ3) is 4.07. The summed E-state index contributed by atoms with van der Waals surface area (Å²) in [6, 6.07) is 0.864. The van der Waals surface area contributed by atoms with Crippen molar-refractivity contribution >= 4 is 17.2 Å². The Bertz CT molecular complexity index is 444. The normalized spacial score (nSPS) is 12.1. The average molecular weight is 279 g/mol. The molecular formula is C12H14ClF3N2. The maximum absolute atomic E-state index is 12.3. The summed E-state index contributed by atoms with van der Waals surface area (Å²) < 4.78 is 36.9. The van der Waals surface area contributed by atoms with Gasteiger partial charge in [0.15, 0.2) is 0 Å². The minimum Gasteiger partial charge on any atom is -0.273 e. The number of hydrogen-bond donors (Lipinski definition) is 1. The van der Waals surface area contributed by atoms with Crippen molar-refractivity contribution in [3.05, 3.63) is 47.8 Å². The van der Waals surface area contributed by atoms with E-state index in [1.54, 1.807) is 0 Å². The van der Waals surface area contributed by atoms with Crippen molar-refractivity contribution in [1.82, 2.24) is 10.2 Å². The minimum atomic E-state index is -4.46. The van der Waals surface area contributed by atoms with Crippen LogP contribution in [-0.4, -0.2) is 10.2 Å². The highest BCUT2D eigenvalue weighted by molar-refractivity contribution is 6.34. The Balaban J connectivity index is 0.00000137. The number of rotatable bonds is 3. The second kappa shape index (κ2) is 7.06. The molecule has 0 saturated heterocycles. The summed E-state index contributed by atoms with van der Waals surface area (Å²) in [5, 5.41) is 5.60. The molecular weight excluding hydrogens is 265 g/mol. The number of aromatic nitrogens is 2. The molecule has 6 heteroatoms. The highest BCUT2D eigenvalue weighted by atomic mass is 35.5. The number of alkyl halides is 3. The fourth-order valence-electron chi connectivity index (χ4n) is 1.04.